The van der Waals surface area contributed by atoms with Crippen LogP contribution in [0.4, 0.5) is 6.01 Å². The minimum Gasteiger partial charge on any atom is -0.481 e. The van der Waals surface area contributed by atoms with Gasteiger partial charge in [-0.3, -0.25) is 19.7 Å². The van der Waals surface area contributed by atoms with Gasteiger partial charge in [-0.15, -0.1) is 11.8 Å². The van der Waals surface area contributed by atoms with Gasteiger partial charge < -0.3 is 30.0 Å². The van der Waals surface area contributed by atoms with Crippen molar-refractivity contribution in [3.8, 4) is 0 Å². The third-order valence-electron chi connectivity index (χ3n) is 6.45. The first-order valence-electron chi connectivity index (χ1n) is 10.9. The summed E-state index contributed by atoms with van der Waals surface area (Å²) in [6.07, 6.45) is -0.809. The van der Waals surface area contributed by atoms with Crippen molar-refractivity contribution in [1.29, 1.82) is 0 Å². The van der Waals surface area contributed by atoms with E-state index in [1.165, 1.54) is 23.6 Å². The molecule has 0 radical (unpaired) electrons. The summed E-state index contributed by atoms with van der Waals surface area (Å²) in [7, 11) is 0. The van der Waals surface area contributed by atoms with Crippen LogP contribution in [-0.4, -0.2) is 78.9 Å². The molecular weight excluding hydrogens is 468 g/mol. The molecule has 0 aliphatic carbocycles. The Morgan fingerprint density at radius 2 is 2.06 bits per heavy atom. The Morgan fingerprint density at radius 1 is 1.35 bits per heavy atom. The van der Waals surface area contributed by atoms with E-state index in [2.05, 4.69) is 15.6 Å². The van der Waals surface area contributed by atoms with Gasteiger partial charge in [0, 0.05) is 22.6 Å². The Hall–Kier alpha value is -2.90. The average molecular weight is 495 g/mol. The molecule has 4 heterocycles. The molecule has 184 valence electrons. The number of hydrogen-bond donors (Lipinski definition) is 5. The summed E-state index contributed by atoms with van der Waals surface area (Å²) in [5, 5.41) is 34.2. The van der Waals surface area contributed by atoms with Crippen molar-refractivity contribution in [3.63, 3.8) is 0 Å². The molecule has 4 rings (SSSR count). The highest BCUT2D eigenvalue weighted by molar-refractivity contribution is 8.03. The average Bonchev–Trinajstić information content (AvgIpc) is 3.39. The second kappa shape index (κ2) is 9.04. The molecule has 2 fully saturated rings. The number of aliphatic hydroxyl groups excluding tert-OH is 1. The van der Waals surface area contributed by atoms with Crippen molar-refractivity contribution in [2.24, 2.45) is 11.8 Å². The highest BCUT2D eigenvalue weighted by Crippen LogP contribution is 2.51. The van der Waals surface area contributed by atoms with Crippen LogP contribution in [0.5, 0.6) is 0 Å². The van der Waals surface area contributed by atoms with Crippen LogP contribution in [0.25, 0.3) is 0 Å². The van der Waals surface area contributed by atoms with E-state index in [0.29, 0.717) is 23.6 Å². The number of carbonyl (C=O) groups excluding carboxylic acids is 2. The number of hydrogen-bond acceptors (Lipinski definition) is 9. The summed E-state index contributed by atoms with van der Waals surface area (Å²) in [5.41, 5.74) is 0.335. The Kier molecular flexibility index (Phi) is 6.44. The van der Waals surface area contributed by atoms with Gasteiger partial charge in [-0.25, -0.2) is 4.79 Å². The molecule has 5 N–H and O–H groups in total. The molecule has 0 saturated carbocycles. The predicted molar refractivity (Wildman–Crippen MR) is 119 cm³/mol. The lowest BCUT2D eigenvalue weighted by Gasteiger charge is -2.46. The van der Waals surface area contributed by atoms with Crippen molar-refractivity contribution in [2.75, 3.05) is 11.9 Å². The molecular formula is C21H26N4O8S. The zero-order valence-electron chi connectivity index (χ0n) is 18.8. The summed E-state index contributed by atoms with van der Waals surface area (Å²) < 4.78 is 5.33. The van der Waals surface area contributed by atoms with Crippen molar-refractivity contribution in [2.45, 2.75) is 57.1 Å². The van der Waals surface area contributed by atoms with Crippen molar-refractivity contribution in [1.82, 2.24) is 15.2 Å². The number of nitrogens with zero attached hydrogens (tertiary/aromatic N) is 2. The van der Waals surface area contributed by atoms with Crippen LogP contribution >= 0.6 is 11.8 Å². The first-order valence-corrected chi connectivity index (χ1v) is 11.7. The normalized spacial score (nSPS) is 29.1. The molecule has 0 spiro atoms. The van der Waals surface area contributed by atoms with Gasteiger partial charge in [0.2, 0.25) is 11.8 Å². The van der Waals surface area contributed by atoms with E-state index in [1.54, 1.807) is 6.92 Å². The van der Waals surface area contributed by atoms with Crippen molar-refractivity contribution < 1.29 is 38.9 Å². The lowest BCUT2D eigenvalue weighted by atomic mass is 9.79. The van der Waals surface area contributed by atoms with Gasteiger partial charge in [0.25, 0.3) is 0 Å². The standard InChI is InChI=1S/C21H26N4O8S/c1-7-15-14(9(3)26)19(30)25(15)16(20(31)32)17(7)34-10-4-11(22-6-10)18(29)24-21-23-8(2)12(33-21)5-13(27)28/h7,9-11,14-15,22,26H,4-6H2,1-3H3,(H,27,28)(H,31,32)(H,23,24,29)/t7-,9-,10+,11+,14-,15-/m1/s1. The SMILES string of the molecule is Cc1nc(NC(=O)[C@@H]2C[C@H](SC3=C(C(=O)O)N4C(=O)[C@H]([C@@H](C)O)[C@H]4[C@H]3C)CN2)oc1CC(=O)O. The highest BCUT2D eigenvalue weighted by atomic mass is 32.2. The number of carboxylic acids is 2. The molecule has 0 bridgehead atoms. The fraction of sp³-hybridized carbons (Fsp3) is 0.571. The van der Waals surface area contributed by atoms with Crippen LogP contribution in [0.1, 0.15) is 31.7 Å². The smallest absolute Gasteiger partial charge is 0.353 e. The topological polar surface area (TPSA) is 182 Å². The minimum absolute atomic E-state index is 0.0430. The number of nitrogens with one attached hydrogen (secondary N) is 2. The number of rotatable bonds is 8. The van der Waals surface area contributed by atoms with Crippen LogP contribution in [0, 0.1) is 18.8 Å². The number of amides is 2. The molecule has 13 heteroatoms. The fourth-order valence-electron chi connectivity index (χ4n) is 4.83. The lowest BCUT2D eigenvalue weighted by Crippen LogP contribution is -2.63. The summed E-state index contributed by atoms with van der Waals surface area (Å²) >= 11 is 1.34. The van der Waals surface area contributed by atoms with E-state index in [1.807, 2.05) is 6.92 Å². The van der Waals surface area contributed by atoms with Crippen molar-refractivity contribution in [3.05, 3.63) is 22.1 Å². The monoisotopic (exact) mass is 494 g/mol. The van der Waals surface area contributed by atoms with Gasteiger partial charge >= 0.3 is 18.0 Å². The maximum atomic E-state index is 12.7. The maximum absolute atomic E-state index is 12.7. The van der Waals surface area contributed by atoms with Crippen LogP contribution in [0.3, 0.4) is 0 Å². The molecule has 6 atom stereocenters. The first kappa shape index (κ1) is 24.2. The number of thioether (sulfide) groups is 1. The number of oxazole rings is 1. The van der Waals surface area contributed by atoms with Gasteiger partial charge in [-0.05, 0) is 20.3 Å². The van der Waals surface area contributed by atoms with Gasteiger partial charge in [-0.2, -0.15) is 4.98 Å². The first-order chi connectivity index (χ1) is 16.0. The summed E-state index contributed by atoms with van der Waals surface area (Å²) in [6, 6.07) is -1.05. The largest absolute Gasteiger partial charge is 0.481 e. The Balaban J connectivity index is 1.41. The van der Waals surface area contributed by atoms with E-state index in [0.717, 1.165) is 0 Å². The van der Waals surface area contributed by atoms with E-state index >= 15 is 0 Å². The van der Waals surface area contributed by atoms with E-state index < -0.39 is 35.9 Å². The molecule has 34 heavy (non-hydrogen) atoms. The number of fused-ring (bicyclic) bond motifs is 1. The van der Waals surface area contributed by atoms with Crippen LogP contribution in [-0.2, 0) is 25.6 Å². The molecule has 2 amide bonds. The summed E-state index contributed by atoms with van der Waals surface area (Å²) in [4.78, 5) is 53.9. The number of aromatic nitrogens is 1. The van der Waals surface area contributed by atoms with Crippen LogP contribution in [0.15, 0.2) is 15.0 Å². The van der Waals surface area contributed by atoms with Crippen molar-refractivity contribution >= 4 is 41.5 Å². The Bertz CT molecular complexity index is 1080. The molecule has 1 aromatic rings. The minimum atomic E-state index is -1.19. The summed E-state index contributed by atoms with van der Waals surface area (Å²) in [5.74, 6) is -3.75. The number of carbonyl (C=O) groups is 4. The van der Waals surface area contributed by atoms with E-state index in [9.17, 15) is 29.4 Å². The van der Waals surface area contributed by atoms with E-state index in [-0.39, 0.29) is 47.0 Å². The number of carboxylic acid groups (broad SMARTS) is 2. The third kappa shape index (κ3) is 4.18. The Morgan fingerprint density at radius 3 is 2.68 bits per heavy atom. The number of aliphatic carboxylic acids is 2. The molecule has 12 nitrogen and oxygen atoms in total. The zero-order chi connectivity index (χ0) is 24.9. The molecule has 3 aliphatic heterocycles. The molecule has 3 aliphatic rings. The van der Waals surface area contributed by atoms with Gasteiger partial charge in [-0.1, -0.05) is 6.92 Å². The maximum Gasteiger partial charge on any atom is 0.353 e. The lowest BCUT2D eigenvalue weighted by molar-refractivity contribution is -0.163. The number of β-lactam (4-membered cyclic amide) rings is 1. The number of anilines is 1. The molecule has 0 unspecified atom stereocenters. The second-order valence-corrected chi connectivity index (χ2v) is 10.1. The Labute approximate surface area is 198 Å². The molecule has 1 aromatic heterocycles. The fourth-order valence-corrected chi connectivity index (χ4v) is 6.31. The van der Waals surface area contributed by atoms with Gasteiger partial charge in [0.1, 0.15) is 17.9 Å². The third-order valence-corrected chi connectivity index (χ3v) is 7.96. The highest BCUT2D eigenvalue weighted by Gasteiger charge is 2.60. The summed E-state index contributed by atoms with van der Waals surface area (Å²) in [6.45, 7) is 5.41. The number of aliphatic hydroxyl groups is 1. The quantitative estimate of drug-likeness (QED) is 0.311. The van der Waals surface area contributed by atoms with Crippen LogP contribution < -0.4 is 10.6 Å². The predicted octanol–water partition coefficient (Wildman–Crippen LogP) is 0.166. The second-order valence-electron chi connectivity index (χ2n) is 8.80. The zero-order valence-corrected chi connectivity index (χ0v) is 19.6. The van der Waals surface area contributed by atoms with Gasteiger partial charge in [0.15, 0.2) is 0 Å². The van der Waals surface area contributed by atoms with E-state index in [4.69, 9.17) is 9.52 Å². The van der Waals surface area contributed by atoms with Gasteiger partial charge in [0.05, 0.1) is 29.8 Å². The van der Waals surface area contributed by atoms with Crippen LogP contribution in [0.2, 0.25) is 0 Å². The number of aryl methyl sites for hydroxylation is 1. The molecule has 0 aromatic carbocycles. The molecule has 2 saturated heterocycles.